The van der Waals surface area contributed by atoms with Crippen LogP contribution < -0.4 is 11.1 Å². The molecule has 1 aliphatic carbocycles. The first-order chi connectivity index (χ1) is 6.15. The SMILES string of the molecule is CSC1CCCC1NC(C)C(N)=O. The summed E-state index contributed by atoms with van der Waals surface area (Å²) in [5, 5.41) is 3.94. The third-order valence-electron chi connectivity index (χ3n) is 2.65. The topological polar surface area (TPSA) is 55.1 Å². The lowest BCUT2D eigenvalue weighted by Gasteiger charge is -2.22. The number of primary amides is 1. The van der Waals surface area contributed by atoms with Gasteiger partial charge in [0.25, 0.3) is 0 Å². The molecular formula is C9H18N2OS. The minimum Gasteiger partial charge on any atom is -0.368 e. The lowest BCUT2D eigenvalue weighted by atomic mass is 10.2. The lowest BCUT2D eigenvalue weighted by molar-refractivity contribution is -0.119. The molecule has 0 spiro atoms. The van der Waals surface area contributed by atoms with Gasteiger partial charge in [0.2, 0.25) is 5.91 Å². The number of amides is 1. The Morgan fingerprint density at radius 2 is 2.31 bits per heavy atom. The third kappa shape index (κ3) is 2.88. The van der Waals surface area contributed by atoms with E-state index in [0.29, 0.717) is 11.3 Å². The average Bonchev–Trinajstić information content (AvgIpc) is 2.51. The van der Waals surface area contributed by atoms with E-state index < -0.39 is 0 Å². The van der Waals surface area contributed by atoms with Gasteiger partial charge in [-0.25, -0.2) is 0 Å². The number of carbonyl (C=O) groups excluding carboxylic acids is 1. The Bertz CT molecular complexity index is 186. The fourth-order valence-corrected chi connectivity index (χ4v) is 2.75. The van der Waals surface area contributed by atoms with Gasteiger partial charge in [0, 0.05) is 11.3 Å². The zero-order valence-corrected chi connectivity index (χ0v) is 9.06. The lowest BCUT2D eigenvalue weighted by Crippen LogP contribution is -2.46. The number of hydrogen-bond donors (Lipinski definition) is 2. The highest BCUT2D eigenvalue weighted by molar-refractivity contribution is 7.99. The standard InChI is InChI=1S/C9H18N2OS/c1-6(9(10)12)11-7-4-3-5-8(7)13-2/h6-8,11H,3-5H2,1-2H3,(H2,10,12). The molecule has 0 aromatic heterocycles. The van der Waals surface area contributed by atoms with E-state index in [9.17, 15) is 4.79 Å². The predicted molar refractivity (Wildman–Crippen MR) is 56.7 cm³/mol. The van der Waals surface area contributed by atoms with Gasteiger partial charge in [-0.05, 0) is 26.0 Å². The van der Waals surface area contributed by atoms with Crippen LogP contribution >= 0.6 is 11.8 Å². The summed E-state index contributed by atoms with van der Waals surface area (Å²) in [4.78, 5) is 10.8. The molecule has 3 atom stereocenters. The van der Waals surface area contributed by atoms with E-state index in [1.165, 1.54) is 19.3 Å². The van der Waals surface area contributed by atoms with Gasteiger partial charge in [0.1, 0.15) is 0 Å². The van der Waals surface area contributed by atoms with E-state index in [-0.39, 0.29) is 11.9 Å². The van der Waals surface area contributed by atoms with Crippen molar-refractivity contribution in [1.29, 1.82) is 0 Å². The quantitative estimate of drug-likeness (QED) is 0.707. The highest BCUT2D eigenvalue weighted by Crippen LogP contribution is 2.28. The molecule has 0 heterocycles. The molecule has 13 heavy (non-hydrogen) atoms. The minimum absolute atomic E-state index is 0.197. The number of nitrogens with two attached hydrogens (primary N) is 1. The van der Waals surface area contributed by atoms with Gasteiger partial charge in [0.05, 0.1) is 6.04 Å². The molecule has 1 rings (SSSR count). The van der Waals surface area contributed by atoms with Crippen molar-refractivity contribution in [3.05, 3.63) is 0 Å². The van der Waals surface area contributed by atoms with Crippen LogP contribution in [0.25, 0.3) is 0 Å². The maximum absolute atomic E-state index is 10.8. The van der Waals surface area contributed by atoms with Gasteiger partial charge in [-0.3, -0.25) is 4.79 Å². The zero-order valence-electron chi connectivity index (χ0n) is 8.25. The van der Waals surface area contributed by atoms with Gasteiger partial charge in [-0.2, -0.15) is 11.8 Å². The Morgan fingerprint density at radius 1 is 1.62 bits per heavy atom. The van der Waals surface area contributed by atoms with Crippen LogP contribution in [0.5, 0.6) is 0 Å². The van der Waals surface area contributed by atoms with E-state index in [1.54, 1.807) is 0 Å². The average molecular weight is 202 g/mol. The van der Waals surface area contributed by atoms with Crippen molar-refractivity contribution in [2.75, 3.05) is 6.26 Å². The molecule has 1 amide bonds. The van der Waals surface area contributed by atoms with Crippen LogP contribution in [0.4, 0.5) is 0 Å². The van der Waals surface area contributed by atoms with Gasteiger partial charge >= 0.3 is 0 Å². The van der Waals surface area contributed by atoms with Crippen molar-refractivity contribution in [2.24, 2.45) is 5.73 Å². The second-order valence-electron chi connectivity index (χ2n) is 3.60. The van der Waals surface area contributed by atoms with Crippen molar-refractivity contribution in [2.45, 2.75) is 43.5 Å². The van der Waals surface area contributed by atoms with Crippen LogP contribution in [0.2, 0.25) is 0 Å². The van der Waals surface area contributed by atoms with E-state index in [1.807, 2.05) is 18.7 Å². The monoisotopic (exact) mass is 202 g/mol. The van der Waals surface area contributed by atoms with Gasteiger partial charge < -0.3 is 11.1 Å². The molecule has 3 N–H and O–H groups in total. The molecule has 0 saturated heterocycles. The molecule has 3 nitrogen and oxygen atoms in total. The number of thioether (sulfide) groups is 1. The Hall–Kier alpha value is -0.220. The number of carbonyl (C=O) groups is 1. The van der Waals surface area contributed by atoms with E-state index in [0.717, 1.165) is 0 Å². The molecule has 0 bridgehead atoms. The normalized spacial score (nSPS) is 30.3. The number of rotatable bonds is 4. The van der Waals surface area contributed by atoms with Gasteiger partial charge in [-0.15, -0.1) is 0 Å². The van der Waals surface area contributed by atoms with Crippen molar-refractivity contribution < 1.29 is 4.79 Å². The van der Waals surface area contributed by atoms with E-state index in [2.05, 4.69) is 11.6 Å². The first-order valence-corrected chi connectivity index (χ1v) is 6.02. The first kappa shape index (κ1) is 10.9. The van der Waals surface area contributed by atoms with Crippen molar-refractivity contribution >= 4 is 17.7 Å². The van der Waals surface area contributed by atoms with E-state index >= 15 is 0 Å². The van der Waals surface area contributed by atoms with Crippen LogP contribution in [-0.4, -0.2) is 29.5 Å². The summed E-state index contributed by atoms with van der Waals surface area (Å²) in [7, 11) is 0. The maximum Gasteiger partial charge on any atom is 0.234 e. The molecule has 0 aromatic carbocycles. The molecule has 0 aromatic rings. The van der Waals surface area contributed by atoms with Crippen LogP contribution in [0, 0.1) is 0 Å². The molecule has 1 saturated carbocycles. The van der Waals surface area contributed by atoms with Crippen LogP contribution in [0.15, 0.2) is 0 Å². The summed E-state index contributed by atoms with van der Waals surface area (Å²) in [5.41, 5.74) is 5.19. The van der Waals surface area contributed by atoms with Crippen LogP contribution in [0.1, 0.15) is 26.2 Å². The second kappa shape index (κ2) is 4.86. The molecule has 3 unspecified atom stereocenters. The summed E-state index contributed by atoms with van der Waals surface area (Å²) in [6, 6.07) is 0.273. The molecule has 1 fully saturated rings. The van der Waals surface area contributed by atoms with Crippen LogP contribution in [-0.2, 0) is 4.79 Å². The molecule has 0 radical (unpaired) electrons. The largest absolute Gasteiger partial charge is 0.368 e. The molecule has 76 valence electrons. The van der Waals surface area contributed by atoms with Crippen molar-refractivity contribution in [3.63, 3.8) is 0 Å². The summed E-state index contributed by atoms with van der Waals surface area (Å²) >= 11 is 1.88. The fourth-order valence-electron chi connectivity index (χ4n) is 1.80. The summed E-state index contributed by atoms with van der Waals surface area (Å²) in [6.07, 6.45) is 5.81. The third-order valence-corrected chi connectivity index (χ3v) is 3.82. The number of hydrogen-bond acceptors (Lipinski definition) is 3. The summed E-state index contributed by atoms with van der Waals surface area (Å²) in [6.45, 7) is 1.83. The fraction of sp³-hybridized carbons (Fsp3) is 0.889. The molecule has 4 heteroatoms. The van der Waals surface area contributed by atoms with Gasteiger partial charge in [0.15, 0.2) is 0 Å². The van der Waals surface area contributed by atoms with E-state index in [4.69, 9.17) is 5.73 Å². The molecular weight excluding hydrogens is 184 g/mol. The Balaban J connectivity index is 2.39. The van der Waals surface area contributed by atoms with Crippen molar-refractivity contribution in [1.82, 2.24) is 5.32 Å². The van der Waals surface area contributed by atoms with Crippen LogP contribution in [0.3, 0.4) is 0 Å². The summed E-state index contributed by atoms with van der Waals surface area (Å²) < 4.78 is 0. The molecule has 0 aliphatic heterocycles. The minimum atomic E-state index is -0.258. The zero-order chi connectivity index (χ0) is 9.84. The first-order valence-electron chi connectivity index (χ1n) is 4.73. The predicted octanol–water partition coefficient (Wildman–Crippen LogP) is 0.734. The maximum atomic E-state index is 10.8. The smallest absolute Gasteiger partial charge is 0.234 e. The second-order valence-corrected chi connectivity index (χ2v) is 4.68. The highest BCUT2D eigenvalue weighted by atomic mass is 32.2. The Kier molecular flexibility index (Phi) is 4.06. The summed E-state index contributed by atoms with van der Waals surface area (Å²) in [5.74, 6) is -0.258. The molecule has 1 aliphatic rings. The van der Waals surface area contributed by atoms with Gasteiger partial charge in [-0.1, -0.05) is 6.42 Å². The highest BCUT2D eigenvalue weighted by Gasteiger charge is 2.28. The Morgan fingerprint density at radius 3 is 2.85 bits per heavy atom. The number of nitrogens with one attached hydrogen (secondary N) is 1. The Labute approximate surface area is 83.8 Å². The van der Waals surface area contributed by atoms with Crippen molar-refractivity contribution in [3.8, 4) is 0 Å².